The van der Waals surface area contributed by atoms with E-state index in [-0.39, 0.29) is 13.0 Å². The minimum Gasteiger partial charge on any atom is -0.550 e. The van der Waals surface area contributed by atoms with E-state index in [1.54, 1.807) is 21.1 Å². The molecule has 1 atom stereocenters. The van der Waals surface area contributed by atoms with Crippen molar-refractivity contribution in [3.8, 4) is 0 Å². The first kappa shape index (κ1) is 17.3. The van der Waals surface area contributed by atoms with E-state index in [0.29, 0.717) is 10.9 Å². The molecule has 1 aromatic carbocycles. The second kappa shape index (κ2) is 6.83. The molecule has 0 radical (unpaired) electrons. The Morgan fingerprint density at radius 1 is 1.19 bits per heavy atom. The Kier molecular flexibility index (Phi) is 5.63. The second-order valence-electron chi connectivity index (χ2n) is 6.44. The molecule has 0 spiro atoms. The fraction of sp³-hybridized carbons (Fsp3) is 0.500. The lowest BCUT2D eigenvalue weighted by Gasteiger charge is -2.34. The number of likely N-dealkylation sites (N-methyl/N-ethyl adjacent to an activating group) is 1. The van der Waals surface area contributed by atoms with Gasteiger partial charge in [0, 0.05) is 18.8 Å². The highest BCUT2D eigenvalue weighted by molar-refractivity contribution is 5.90. The van der Waals surface area contributed by atoms with Gasteiger partial charge >= 0.3 is 0 Å². The predicted molar refractivity (Wildman–Crippen MR) is 77.2 cm³/mol. The molecular formula is C16H23NO4. The van der Waals surface area contributed by atoms with Crippen molar-refractivity contribution in [2.45, 2.75) is 24.9 Å². The Labute approximate surface area is 125 Å². The number of rotatable bonds is 8. The van der Waals surface area contributed by atoms with E-state index in [1.807, 2.05) is 30.3 Å². The summed E-state index contributed by atoms with van der Waals surface area (Å²) in [5, 5.41) is 21.3. The highest BCUT2D eigenvalue weighted by Crippen LogP contribution is 2.19. The lowest BCUT2D eigenvalue weighted by atomic mass is 9.89. The van der Waals surface area contributed by atoms with Crippen molar-refractivity contribution in [3.05, 3.63) is 35.9 Å². The molecule has 1 unspecified atom stereocenters. The number of carboxylic acids is 1. The summed E-state index contributed by atoms with van der Waals surface area (Å²) in [6, 6.07) is 9.42. The van der Waals surface area contributed by atoms with E-state index in [2.05, 4.69) is 0 Å². The van der Waals surface area contributed by atoms with Crippen LogP contribution in [0.3, 0.4) is 0 Å². The summed E-state index contributed by atoms with van der Waals surface area (Å²) in [7, 11) is 5.39. The molecule has 1 N–H and O–H groups in total. The Hall–Kier alpha value is -1.72. The summed E-state index contributed by atoms with van der Waals surface area (Å²) in [6.07, 6.45) is -0.0872. The van der Waals surface area contributed by atoms with Crippen LogP contribution in [0.5, 0.6) is 0 Å². The molecule has 5 heteroatoms. The third kappa shape index (κ3) is 6.06. The Morgan fingerprint density at radius 2 is 1.76 bits per heavy atom. The topological polar surface area (TPSA) is 77.4 Å². The third-order valence-corrected chi connectivity index (χ3v) is 3.18. The third-order valence-electron chi connectivity index (χ3n) is 3.18. The summed E-state index contributed by atoms with van der Waals surface area (Å²) in [4.78, 5) is 23.1. The number of aryl methyl sites for hydroxylation is 1. The van der Waals surface area contributed by atoms with Crippen molar-refractivity contribution >= 4 is 11.8 Å². The van der Waals surface area contributed by atoms with Crippen LogP contribution in [0.2, 0.25) is 0 Å². The minimum atomic E-state index is -1.88. The molecule has 0 aliphatic heterocycles. The lowest BCUT2D eigenvalue weighted by Crippen LogP contribution is -2.56. The summed E-state index contributed by atoms with van der Waals surface area (Å²) < 4.78 is 0.293. The van der Waals surface area contributed by atoms with Gasteiger partial charge in [-0.3, -0.25) is 4.79 Å². The SMILES string of the molecule is C[N+](C)(C)CC(O)(CC(=O)[O-])C(=O)CCc1ccccc1. The first-order valence-corrected chi connectivity index (χ1v) is 6.92. The first-order valence-electron chi connectivity index (χ1n) is 6.92. The van der Waals surface area contributed by atoms with Gasteiger partial charge < -0.3 is 19.5 Å². The zero-order valence-electron chi connectivity index (χ0n) is 12.8. The molecule has 0 saturated carbocycles. The average molecular weight is 293 g/mol. The number of hydrogen-bond acceptors (Lipinski definition) is 4. The van der Waals surface area contributed by atoms with Crippen LogP contribution >= 0.6 is 0 Å². The van der Waals surface area contributed by atoms with Gasteiger partial charge in [0.05, 0.1) is 21.1 Å². The molecule has 0 aromatic heterocycles. The zero-order valence-corrected chi connectivity index (χ0v) is 12.8. The van der Waals surface area contributed by atoms with Crippen molar-refractivity contribution in [2.24, 2.45) is 0 Å². The van der Waals surface area contributed by atoms with Gasteiger partial charge in [0.25, 0.3) is 0 Å². The standard InChI is InChI=1S/C16H23NO4/c1-17(2,3)12-16(21,11-15(19)20)14(18)10-9-13-7-5-4-6-8-13/h4-8,21H,9-12H2,1-3H3. The number of carbonyl (C=O) groups excluding carboxylic acids is 2. The first-order chi connectivity index (χ1) is 9.62. The quantitative estimate of drug-likeness (QED) is 0.671. The smallest absolute Gasteiger partial charge is 0.177 e. The van der Waals surface area contributed by atoms with E-state index in [9.17, 15) is 19.8 Å². The number of Topliss-reactive ketones (excluding diaryl/α,β-unsaturated/α-hetero) is 1. The van der Waals surface area contributed by atoms with Gasteiger partial charge in [-0.15, -0.1) is 0 Å². The van der Waals surface area contributed by atoms with Crippen molar-refractivity contribution in [1.29, 1.82) is 0 Å². The average Bonchev–Trinajstić information content (AvgIpc) is 2.33. The van der Waals surface area contributed by atoms with Crippen LogP contribution in [-0.2, 0) is 16.0 Å². The van der Waals surface area contributed by atoms with Gasteiger partial charge in [-0.25, -0.2) is 0 Å². The van der Waals surface area contributed by atoms with Gasteiger partial charge in [-0.1, -0.05) is 30.3 Å². The lowest BCUT2D eigenvalue weighted by molar-refractivity contribution is -0.875. The fourth-order valence-corrected chi connectivity index (χ4v) is 2.40. The van der Waals surface area contributed by atoms with Crippen molar-refractivity contribution in [3.63, 3.8) is 0 Å². The summed E-state index contributed by atoms with van der Waals surface area (Å²) >= 11 is 0. The molecule has 21 heavy (non-hydrogen) atoms. The van der Waals surface area contributed by atoms with Gasteiger partial charge in [0.15, 0.2) is 11.4 Å². The largest absolute Gasteiger partial charge is 0.550 e. The Balaban J connectivity index is 2.78. The molecule has 0 aliphatic rings. The summed E-state index contributed by atoms with van der Waals surface area (Å²) in [5.74, 6) is -1.87. The zero-order chi connectivity index (χ0) is 16.1. The molecule has 1 rings (SSSR count). The van der Waals surface area contributed by atoms with Crippen LogP contribution < -0.4 is 5.11 Å². The van der Waals surface area contributed by atoms with Crippen LogP contribution in [0.4, 0.5) is 0 Å². The number of nitrogens with zero attached hydrogens (tertiary/aromatic N) is 1. The van der Waals surface area contributed by atoms with E-state index < -0.39 is 23.8 Å². The van der Waals surface area contributed by atoms with Crippen LogP contribution in [0.25, 0.3) is 0 Å². The van der Waals surface area contributed by atoms with E-state index in [4.69, 9.17) is 0 Å². The molecule has 1 aromatic rings. The highest BCUT2D eigenvalue weighted by Gasteiger charge is 2.40. The normalized spacial score (nSPS) is 14.5. The van der Waals surface area contributed by atoms with E-state index in [0.717, 1.165) is 5.56 Å². The molecule has 0 heterocycles. The van der Waals surface area contributed by atoms with Crippen LogP contribution in [0, 0.1) is 0 Å². The number of benzene rings is 1. The molecular weight excluding hydrogens is 270 g/mol. The number of aliphatic carboxylic acids is 1. The maximum Gasteiger partial charge on any atom is 0.177 e. The Morgan fingerprint density at radius 3 is 2.24 bits per heavy atom. The second-order valence-corrected chi connectivity index (χ2v) is 6.44. The highest BCUT2D eigenvalue weighted by atomic mass is 16.4. The number of aliphatic hydroxyl groups is 1. The molecule has 0 saturated heterocycles. The number of ketones is 1. The van der Waals surface area contributed by atoms with Gasteiger partial charge in [0.1, 0.15) is 6.54 Å². The molecule has 0 aliphatic carbocycles. The van der Waals surface area contributed by atoms with Crippen LogP contribution in [-0.4, -0.2) is 54.6 Å². The van der Waals surface area contributed by atoms with E-state index in [1.165, 1.54) is 0 Å². The molecule has 0 bridgehead atoms. The fourth-order valence-electron chi connectivity index (χ4n) is 2.40. The van der Waals surface area contributed by atoms with Crippen molar-refractivity contribution < 1.29 is 24.3 Å². The minimum absolute atomic E-state index is 0.0363. The monoisotopic (exact) mass is 293 g/mol. The van der Waals surface area contributed by atoms with Gasteiger partial charge in [0.2, 0.25) is 0 Å². The molecule has 5 nitrogen and oxygen atoms in total. The maximum atomic E-state index is 12.3. The van der Waals surface area contributed by atoms with E-state index >= 15 is 0 Å². The predicted octanol–water partition coefficient (Wildman–Crippen LogP) is -0.234. The number of carbonyl (C=O) groups is 2. The van der Waals surface area contributed by atoms with Gasteiger partial charge in [-0.2, -0.15) is 0 Å². The maximum absolute atomic E-state index is 12.3. The summed E-state index contributed by atoms with van der Waals surface area (Å²) in [6.45, 7) is 0.0363. The van der Waals surface area contributed by atoms with Crippen LogP contribution in [0.1, 0.15) is 18.4 Å². The Bertz CT molecular complexity index is 493. The molecule has 0 fully saturated rings. The van der Waals surface area contributed by atoms with Crippen LogP contribution in [0.15, 0.2) is 30.3 Å². The molecule has 116 valence electrons. The number of hydrogen-bond donors (Lipinski definition) is 1. The summed E-state index contributed by atoms with van der Waals surface area (Å²) in [5.41, 5.74) is -0.904. The van der Waals surface area contributed by atoms with Crippen molar-refractivity contribution in [2.75, 3.05) is 27.7 Å². The van der Waals surface area contributed by atoms with Gasteiger partial charge in [-0.05, 0) is 12.0 Å². The van der Waals surface area contributed by atoms with Crippen molar-refractivity contribution in [1.82, 2.24) is 0 Å². The molecule has 0 amide bonds. The number of quaternary nitrogens is 1. The number of carboxylic acid groups (broad SMARTS) is 1.